The summed E-state index contributed by atoms with van der Waals surface area (Å²) < 4.78 is 0. The van der Waals surface area contributed by atoms with Crippen LogP contribution in [0.1, 0.15) is 23.9 Å². The zero-order valence-corrected chi connectivity index (χ0v) is 12.5. The summed E-state index contributed by atoms with van der Waals surface area (Å²) in [7, 11) is 3.94. The lowest BCUT2D eigenvalue weighted by Gasteiger charge is -2.22. The Kier molecular flexibility index (Phi) is 4.50. The summed E-state index contributed by atoms with van der Waals surface area (Å²) >= 11 is 0. The smallest absolute Gasteiger partial charge is 0.137 e. The monoisotopic (exact) mass is 271 g/mol. The predicted octanol–water partition coefficient (Wildman–Crippen LogP) is 2.42. The van der Waals surface area contributed by atoms with E-state index in [2.05, 4.69) is 39.1 Å². The minimum Gasteiger partial charge on any atom is -0.373 e. The van der Waals surface area contributed by atoms with Crippen molar-refractivity contribution in [2.45, 2.75) is 26.8 Å². The first-order chi connectivity index (χ1) is 9.65. The van der Waals surface area contributed by atoms with E-state index in [0.717, 1.165) is 36.0 Å². The van der Waals surface area contributed by atoms with Crippen molar-refractivity contribution in [2.75, 3.05) is 24.3 Å². The Morgan fingerprint density at radius 2 is 1.90 bits per heavy atom. The van der Waals surface area contributed by atoms with Gasteiger partial charge in [0.15, 0.2) is 0 Å². The first kappa shape index (κ1) is 14.2. The Morgan fingerprint density at radius 3 is 2.50 bits per heavy atom. The molecule has 0 aliphatic heterocycles. The van der Waals surface area contributed by atoms with Crippen LogP contribution >= 0.6 is 0 Å². The van der Waals surface area contributed by atoms with Gasteiger partial charge < -0.3 is 10.2 Å². The van der Waals surface area contributed by atoms with Gasteiger partial charge in [0.1, 0.15) is 17.5 Å². The number of rotatable bonds is 5. The average molecular weight is 271 g/mol. The molecule has 20 heavy (non-hydrogen) atoms. The van der Waals surface area contributed by atoms with Crippen LogP contribution in [0.15, 0.2) is 24.5 Å². The molecule has 2 aromatic rings. The van der Waals surface area contributed by atoms with E-state index in [1.807, 2.05) is 38.5 Å². The molecule has 0 spiro atoms. The standard InChI is InChI=1S/C15H21N5/c1-5-13-18-14(16-3)11(2)15(19-13)20(4)10-12-6-8-17-9-7-12/h6-9H,5,10H2,1-4H3,(H,16,18,19). The molecule has 106 valence electrons. The van der Waals surface area contributed by atoms with Gasteiger partial charge in [-0.1, -0.05) is 6.92 Å². The summed E-state index contributed by atoms with van der Waals surface area (Å²) in [5.74, 6) is 2.72. The Bertz CT molecular complexity index is 568. The van der Waals surface area contributed by atoms with Crippen LogP contribution in [0.25, 0.3) is 0 Å². The molecule has 0 unspecified atom stereocenters. The van der Waals surface area contributed by atoms with Crippen LogP contribution in [-0.2, 0) is 13.0 Å². The van der Waals surface area contributed by atoms with Crippen molar-refractivity contribution in [1.29, 1.82) is 0 Å². The predicted molar refractivity (Wildman–Crippen MR) is 82.0 cm³/mol. The minimum absolute atomic E-state index is 0.798. The molecule has 0 fully saturated rings. The minimum atomic E-state index is 0.798. The van der Waals surface area contributed by atoms with Crippen LogP contribution in [0.3, 0.4) is 0 Å². The first-order valence-electron chi connectivity index (χ1n) is 6.81. The van der Waals surface area contributed by atoms with E-state index in [1.54, 1.807) is 0 Å². The molecule has 0 aliphatic carbocycles. The van der Waals surface area contributed by atoms with Gasteiger partial charge in [-0.05, 0) is 24.6 Å². The maximum atomic E-state index is 4.65. The quantitative estimate of drug-likeness (QED) is 0.905. The normalized spacial score (nSPS) is 10.4. The topological polar surface area (TPSA) is 53.9 Å². The molecule has 1 N–H and O–H groups in total. The fraction of sp³-hybridized carbons (Fsp3) is 0.400. The number of anilines is 2. The van der Waals surface area contributed by atoms with Crippen molar-refractivity contribution < 1.29 is 0 Å². The molecule has 5 nitrogen and oxygen atoms in total. The maximum Gasteiger partial charge on any atom is 0.137 e. The van der Waals surface area contributed by atoms with Gasteiger partial charge in [-0.15, -0.1) is 0 Å². The van der Waals surface area contributed by atoms with Gasteiger partial charge in [0, 0.05) is 45.0 Å². The summed E-state index contributed by atoms with van der Waals surface area (Å²) in [6.45, 7) is 4.91. The van der Waals surface area contributed by atoms with E-state index in [9.17, 15) is 0 Å². The molecule has 0 aliphatic rings. The Balaban J connectivity index is 2.31. The van der Waals surface area contributed by atoms with Gasteiger partial charge in [0.05, 0.1) is 0 Å². The Labute approximate surface area is 120 Å². The number of aryl methyl sites for hydroxylation is 1. The molecule has 0 radical (unpaired) electrons. The summed E-state index contributed by atoms with van der Waals surface area (Å²) in [6, 6.07) is 4.04. The lowest BCUT2D eigenvalue weighted by molar-refractivity contribution is 0.849. The van der Waals surface area contributed by atoms with Crippen molar-refractivity contribution in [3.63, 3.8) is 0 Å². The second kappa shape index (κ2) is 6.32. The fourth-order valence-corrected chi connectivity index (χ4v) is 2.16. The summed E-state index contributed by atoms with van der Waals surface area (Å²) in [6.07, 6.45) is 4.45. The van der Waals surface area contributed by atoms with E-state index < -0.39 is 0 Å². The molecule has 0 saturated heterocycles. The first-order valence-corrected chi connectivity index (χ1v) is 6.81. The Hall–Kier alpha value is -2.17. The van der Waals surface area contributed by atoms with Crippen molar-refractivity contribution in [3.8, 4) is 0 Å². The highest BCUT2D eigenvalue weighted by atomic mass is 15.2. The van der Waals surface area contributed by atoms with Gasteiger partial charge in [0.2, 0.25) is 0 Å². The molecule has 0 aromatic carbocycles. The van der Waals surface area contributed by atoms with Crippen molar-refractivity contribution in [1.82, 2.24) is 15.0 Å². The van der Waals surface area contributed by atoms with Gasteiger partial charge in [-0.25, -0.2) is 9.97 Å². The molecule has 0 amide bonds. The number of hydrogen-bond acceptors (Lipinski definition) is 5. The van der Waals surface area contributed by atoms with Crippen LogP contribution in [-0.4, -0.2) is 29.0 Å². The molecule has 0 atom stereocenters. The number of nitrogens with one attached hydrogen (secondary N) is 1. The van der Waals surface area contributed by atoms with E-state index >= 15 is 0 Å². The molecule has 0 saturated carbocycles. The third-order valence-corrected chi connectivity index (χ3v) is 3.25. The largest absolute Gasteiger partial charge is 0.373 e. The molecular weight excluding hydrogens is 250 g/mol. The zero-order chi connectivity index (χ0) is 14.5. The molecule has 2 rings (SSSR count). The van der Waals surface area contributed by atoms with Gasteiger partial charge in [-0.3, -0.25) is 4.98 Å². The highest BCUT2D eigenvalue weighted by Gasteiger charge is 2.13. The molecule has 2 aromatic heterocycles. The highest BCUT2D eigenvalue weighted by Crippen LogP contribution is 2.23. The zero-order valence-electron chi connectivity index (χ0n) is 12.5. The van der Waals surface area contributed by atoms with Crippen LogP contribution < -0.4 is 10.2 Å². The SMILES string of the molecule is CCc1nc(NC)c(C)c(N(C)Cc2ccncc2)n1. The molecular formula is C15H21N5. The molecule has 5 heteroatoms. The van der Waals surface area contributed by atoms with E-state index in [0.29, 0.717) is 0 Å². The van der Waals surface area contributed by atoms with E-state index in [4.69, 9.17) is 0 Å². The fourth-order valence-electron chi connectivity index (χ4n) is 2.16. The molecule has 0 bridgehead atoms. The lowest BCUT2D eigenvalue weighted by atomic mass is 10.2. The van der Waals surface area contributed by atoms with Crippen LogP contribution in [0.2, 0.25) is 0 Å². The summed E-state index contributed by atoms with van der Waals surface area (Å²) in [5.41, 5.74) is 2.28. The van der Waals surface area contributed by atoms with E-state index in [1.165, 1.54) is 5.56 Å². The number of nitrogens with zero attached hydrogens (tertiary/aromatic N) is 4. The van der Waals surface area contributed by atoms with Gasteiger partial charge in [0.25, 0.3) is 0 Å². The van der Waals surface area contributed by atoms with Crippen LogP contribution in [0.5, 0.6) is 0 Å². The molecule has 2 heterocycles. The van der Waals surface area contributed by atoms with Crippen LogP contribution in [0, 0.1) is 6.92 Å². The van der Waals surface area contributed by atoms with Gasteiger partial charge in [-0.2, -0.15) is 0 Å². The maximum absolute atomic E-state index is 4.65. The summed E-state index contributed by atoms with van der Waals surface area (Å²) in [5, 5.41) is 3.14. The van der Waals surface area contributed by atoms with Gasteiger partial charge >= 0.3 is 0 Å². The average Bonchev–Trinajstić information content (AvgIpc) is 2.48. The number of aromatic nitrogens is 3. The van der Waals surface area contributed by atoms with Crippen molar-refractivity contribution >= 4 is 11.6 Å². The Morgan fingerprint density at radius 1 is 1.20 bits per heavy atom. The summed E-state index contributed by atoms with van der Waals surface area (Å²) in [4.78, 5) is 15.3. The third-order valence-electron chi connectivity index (χ3n) is 3.25. The second-order valence-corrected chi connectivity index (χ2v) is 4.75. The highest BCUT2D eigenvalue weighted by molar-refractivity contribution is 5.58. The lowest BCUT2D eigenvalue weighted by Crippen LogP contribution is -2.20. The van der Waals surface area contributed by atoms with Crippen molar-refractivity contribution in [3.05, 3.63) is 41.5 Å². The number of pyridine rings is 1. The second-order valence-electron chi connectivity index (χ2n) is 4.75. The third kappa shape index (κ3) is 3.04. The van der Waals surface area contributed by atoms with Crippen LogP contribution in [0.4, 0.5) is 11.6 Å². The van der Waals surface area contributed by atoms with E-state index in [-0.39, 0.29) is 0 Å². The number of hydrogen-bond donors (Lipinski definition) is 1. The van der Waals surface area contributed by atoms with Crippen molar-refractivity contribution in [2.24, 2.45) is 0 Å².